The molecule has 1 aromatic carbocycles. The number of hydrogen-bond donors (Lipinski definition) is 0. The van der Waals surface area contributed by atoms with Crippen LogP contribution in [0.3, 0.4) is 0 Å². The van der Waals surface area contributed by atoms with Crippen molar-refractivity contribution in [1.29, 1.82) is 0 Å². The third-order valence-corrected chi connectivity index (χ3v) is 5.94. The lowest BCUT2D eigenvalue weighted by Gasteiger charge is -2.31. The fourth-order valence-electron chi connectivity index (χ4n) is 4.38. The maximum Gasteiger partial charge on any atom is 0.219 e. The lowest BCUT2D eigenvalue weighted by atomic mass is 9.95. The van der Waals surface area contributed by atoms with Crippen LogP contribution in [0, 0.1) is 6.92 Å². The minimum Gasteiger partial charge on any atom is -0.341 e. The number of benzene rings is 1. The van der Waals surface area contributed by atoms with Gasteiger partial charge in [-0.15, -0.1) is 10.2 Å². The summed E-state index contributed by atoms with van der Waals surface area (Å²) < 4.78 is 2.28. The van der Waals surface area contributed by atoms with Crippen LogP contribution in [-0.4, -0.2) is 56.7 Å². The molecule has 0 atom stereocenters. The highest BCUT2D eigenvalue weighted by molar-refractivity contribution is 5.73. The van der Waals surface area contributed by atoms with Gasteiger partial charge in [0.2, 0.25) is 5.91 Å². The first-order valence-corrected chi connectivity index (χ1v) is 10.1. The molecule has 0 unspecified atom stereocenters. The molecular formula is C21H29N5O. The van der Waals surface area contributed by atoms with Gasteiger partial charge in [0.15, 0.2) is 0 Å². The second-order valence-electron chi connectivity index (χ2n) is 7.92. The van der Waals surface area contributed by atoms with Crippen molar-refractivity contribution in [2.45, 2.75) is 52.1 Å². The van der Waals surface area contributed by atoms with Gasteiger partial charge in [-0.3, -0.25) is 9.69 Å². The van der Waals surface area contributed by atoms with E-state index in [1.54, 1.807) is 6.92 Å². The third-order valence-electron chi connectivity index (χ3n) is 5.94. The molecule has 2 aliphatic rings. The highest BCUT2D eigenvalue weighted by Crippen LogP contribution is 2.28. The highest BCUT2D eigenvalue weighted by Gasteiger charge is 2.27. The summed E-state index contributed by atoms with van der Waals surface area (Å²) in [6.07, 6.45) is 3.06. The van der Waals surface area contributed by atoms with Crippen molar-refractivity contribution in [3.8, 4) is 0 Å². The molecule has 0 spiro atoms. The largest absolute Gasteiger partial charge is 0.341 e. The van der Waals surface area contributed by atoms with Crippen LogP contribution in [-0.2, 0) is 24.3 Å². The number of aromatic nitrogens is 3. The molecule has 4 rings (SSSR count). The minimum absolute atomic E-state index is 0.153. The molecule has 0 radical (unpaired) electrons. The molecule has 0 saturated carbocycles. The van der Waals surface area contributed by atoms with E-state index in [1.165, 1.54) is 11.1 Å². The first kappa shape index (κ1) is 18.2. The Kier molecular flexibility index (Phi) is 5.25. The number of carbonyl (C=O) groups is 1. The summed E-state index contributed by atoms with van der Waals surface area (Å²) in [5, 5.41) is 8.99. The zero-order valence-electron chi connectivity index (χ0n) is 16.4. The van der Waals surface area contributed by atoms with Crippen LogP contribution in [0.1, 0.15) is 48.5 Å². The molecule has 1 aromatic heterocycles. The lowest BCUT2D eigenvalue weighted by molar-refractivity contribution is -0.128. The van der Waals surface area contributed by atoms with Crippen molar-refractivity contribution in [2.24, 2.45) is 0 Å². The summed E-state index contributed by atoms with van der Waals surface area (Å²) in [4.78, 5) is 16.2. The Labute approximate surface area is 161 Å². The summed E-state index contributed by atoms with van der Waals surface area (Å²) >= 11 is 0. The van der Waals surface area contributed by atoms with Gasteiger partial charge in [-0.05, 0) is 38.4 Å². The maximum atomic E-state index is 11.7. The molecule has 1 amide bonds. The molecule has 27 heavy (non-hydrogen) atoms. The predicted molar refractivity (Wildman–Crippen MR) is 104 cm³/mol. The fourth-order valence-corrected chi connectivity index (χ4v) is 4.38. The molecule has 1 fully saturated rings. The number of carbonyl (C=O) groups excluding carboxylic acids is 1. The van der Waals surface area contributed by atoms with E-state index in [-0.39, 0.29) is 5.91 Å². The molecule has 0 bridgehead atoms. The second kappa shape index (κ2) is 7.80. The number of aryl methyl sites for hydroxylation is 1. The van der Waals surface area contributed by atoms with E-state index in [4.69, 9.17) is 0 Å². The Hall–Kier alpha value is -2.21. The number of likely N-dealkylation sites (tertiary alicyclic amines) is 1. The van der Waals surface area contributed by atoms with Crippen LogP contribution in [0.25, 0.3) is 0 Å². The van der Waals surface area contributed by atoms with Gasteiger partial charge >= 0.3 is 0 Å². The zero-order chi connectivity index (χ0) is 18.8. The van der Waals surface area contributed by atoms with E-state index in [0.717, 1.165) is 70.2 Å². The van der Waals surface area contributed by atoms with E-state index in [9.17, 15) is 4.79 Å². The van der Waals surface area contributed by atoms with Gasteiger partial charge in [0.1, 0.15) is 11.6 Å². The molecule has 3 heterocycles. The first-order chi connectivity index (χ1) is 13.1. The SMILES string of the molecule is CC(=O)N1CCc2nnc(C3CCN(Cc4cccc(C)c4)CC3)n2CC1. The molecule has 2 aliphatic heterocycles. The van der Waals surface area contributed by atoms with Gasteiger partial charge < -0.3 is 9.47 Å². The van der Waals surface area contributed by atoms with Gasteiger partial charge in [-0.25, -0.2) is 0 Å². The highest BCUT2D eigenvalue weighted by atomic mass is 16.2. The van der Waals surface area contributed by atoms with Crippen LogP contribution in [0.2, 0.25) is 0 Å². The van der Waals surface area contributed by atoms with Crippen molar-refractivity contribution in [3.05, 3.63) is 47.0 Å². The predicted octanol–water partition coefficient (Wildman–Crippen LogP) is 2.37. The maximum absolute atomic E-state index is 11.7. The molecule has 2 aromatic rings. The van der Waals surface area contributed by atoms with E-state index in [2.05, 4.69) is 50.9 Å². The number of hydrogen-bond acceptors (Lipinski definition) is 4. The molecule has 144 valence electrons. The molecule has 0 N–H and O–H groups in total. The molecule has 6 heteroatoms. The average molecular weight is 367 g/mol. The smallest absolute Gasteiger partial charge is 0.219 e. The van der Waals surface area contributed by atoms with Gasteiger partial charge in [0, 0.05) is 45.4 Å². The Morgan fingerprint density at radius 2 is 1.93 bits per heavy atom. The average Bonchev–Trinajstić information content (AvgIpc) is 2.93. The van der Waals surface area contributed by atoms with Gasteiger partial charge in [-0.1, -0.05) is 29.8 Å². The number of piperidine rings is 1. The molecular weight excluding hydrogens is 338 g/mol. The molecule has 1 saturated heterocycles. The first-order valence-electron chi connectivity index (χ1n) is 10.1. The van der Waals surface area contributed by atoms with Crippen molar-refractivity contribution in [3.63, 3.8) is 0 Å². The monoisotopic (exact) mass is 367 g/mol. The Morgan fingerprint density at radius 1 is 1.11 bits per heavy atom. The molecule has 0 aliphatic carbocycles. The van der Waals surface area contributed by atoms with Gasteiger partial charge in [0.05, 0.1) is 0 Å². The van der Waals surface area contributed by atoms with Gasteiger partial charge in [-0.2, -0.15) is 0 Å². The number of fused-ring (bicyclic) bond motifs is 1. The third kappa shape index (κ3) is 4.05. The Morgan fingerprint density at radius 3 is 2.67 bits per heavy atom. The van der Waals surface area contributed by atoms with E-state index in [0.29, 0.717) is 5.92 Å². The molecule has 6 nitrogen and oxygen atoms in total. The Bertz CT molecular complexity index is 807. The second-order valence-corrected chi connectivity index (χ2v) is 7.92. The van der Waals surface area contributed by atoms with Crippen LogP contribution in [0.4, 0.5) is 0 Å². The van der Waals surface area contributed by atoms with Gasteiger partial charge in [0.25, 0.3) is 0 Å². The van der Waals surface area contributed by atoms with Crippen molar-refractivity contribution in [1.82, 2.24) is 24.6 Å². The number of nitrogens with zero attached hydrogens (tertiary/aromatic N) is 5. The fraction of sp³-hybridized carbons (Fsp3) is 0.571. The minimum atomic E-state index is 0.153. The number of rotatable bonds is 3. The summed E-state index contributed by atoms with van der Waals surface area (Å²) in [5.41, 5.74) is 2.72. The van der Waals surface area contributed by atoms with Crippen molar-refractivity contribution >= 4 is 5.91 Å². The van der Waals surface area contributed by atoms with Crippen LogP contribution < -0.4 is 0 Å². The summed E-state index contributed by atoms with van der Waals surface area (Å²) in [6.45, 7) is 9.36. The summed E-state index contributed by atoms with van der Waals surface area (Å²) in [7, 11) is 0. The van der Waals surface area contributed by atoms with Crippen LogP contribution >= 0.6 is 0 Å². The van der Waals surface area contributed by atoms with Crippen LogP contribution in [0.5, 0.6) is 0 Å². The standard InChI is InChI=1S/C21H29N5O/c1-16-4-3-5-18(14-16)15-24-9-6-19(7-10-24)21-23-22-20-8-11-25(17(2)27)12-13-26(20)21/h3-5,14,19H,6-13,15H2,1-2H3. The summed E-state index contributed by atoms with van der Waals surface area (Å²) in [5.74, 6) is 2.80. The number of amides is 1. The van der Waals surface area contributed by atoms with Crippen molar-refractivity contribution < 1.29 is 4.79 Å². The van der Waals surface area contributed by atoms with E-state index in [1.807, 2.05) is 4.90 Å². The normalized spacial score (nSPS) is 19.0. The van der Waals surface area contributed by atoms with E-state index >= 15 is 0 Å². The van der Waals surface area contributed by atoms with E-state index < -0.39 is 0 Å². The summed E-state index contributed by atoms with van der Waals surface area (Å²) in [6, 6.07) is 8.80. The zero-order valence-corrected chi connectivity index (χ0v) is 16.4. The Balaban J connectivity index is 1.38. The van der Waals surface area contributed by atoms with Crippen LogP contribution in [0.15, 0.2) is 24.3 Å². The van der Waals surface area contributed by atoms with Crippen molar-refractivity contribution in [2.75, 3.05) is 26.2 Å². The topological polar surface area (TPSA) is 54.3 Å². The lowest BCUT2D eigenvalue weighted by Crippen LogP contribution is -2.34. The quantitative estimate of drug-likeness (QED) is 0.836.